The molecule has 0 aromatic carbocycles. The van der Waals surface area contributed by atoms with Crippen LogP contribution in [-0.2, 0) is 0 Å². The SMILES string of the molecule is CO.ClC(Cl)(Cl)Cl.ClC(Cl)Cl.O. The predicted molar refractivity (Wildman–Crippen MR) is 59.2 cm³/mol. The highest BCUT2D eigenvalue weighted by molar-refractivity contribution is 6.83. The lowest BCUT2D eigenvalue weighted by atomic mass is 11.8. The maximum atomic E-state index is 7.00. The molecule has 0 atom stereocenters. The highest BCUT2D eigenvalue weighted by atomic mass is 35.6. The van der Waals surface area contributed by atoms with Gasteiger partial charge in [0.25, 0.3) is 3.25 Å². The summed E-state index contributed by atoms with van der Waals surface area (Å²) < 4.78 is -2.36. The Kier molecular flexibility index (Phi) is 30.4. The fraction of sp³-hybridized carbons (Fsp3) is 1.00. The topological polar surface area (TPSA) is 51.7 Å². The molecule has 0 aromatic heterocycles. The van der Waals surface area contributed by atoms with Gasteiger partial charge < -0.3 is 10.6 Å². The third-order valence-electron chi connectivity index (χ3n) is 0. The summed E-state index contributed by atoms with van der Waals surface area (Å²) in [6.45, 7) is 0. The van der Waals surface area contributed by atoms with Gasteiger partial charge in [0.15, 0.2) is 4.30 Å². The molecule has 0 aliphatic carbocycles. The Morgan fingerprint density at radius 3 is 0.917 bits per heavy atom. The molecule has 0 aromatic rings. The summed E-state index contributed by atoms with van der Waals surface area (Å²) in [6, 6.07) is 0. The number of hydrogen-bond donors (Lipinski definition) is 1. The molecule has 12 heavy (non-hydrogen) atoms. The second kappa shape index (κ2) is 15.4. The molecule has 0 bridgehead atoms. The number of aliphatic hydroxyl groups excluding tert-OH is 1. The van der Waals surface area contributed by atoms with E-state index in [4.69, 9.17) is 86.3 Å². The van der Waals surface area contributed by atoms with Gasteiger partial charge in [0.05, 0.1) is 0 Å². The van der Waals surface area contributed by atoms with E-state index in [9.17, 15) is 0 Å². The Labute approximate surface area is 106 Å². The zero-order chi connectivity index (χ0) is 10.1. The smallest absolute Gasteiger partial charge is 0.266 e. The summed E-state index contributed by atoms with van der Waals surface area (Å²) in [6.07, 6.45) is 0. The van der Waals surface area contributed by atoms with Crippen molar-refractivity contribution in [2.24, 2.45) is 0 Å². The molecule has 0 radical (unpaired) electrons. The minimum Gasteiger partial charge on any atom is -0.412 e. The van der Waals surface area contributed by atoms with Gasteiger partial charge in [-0.1, -0.05) is 81.2 Å². The van der Waals surface area contributed by atoms with Gasteiger partial charge in [-0.25, -0.2) is 0 Å². The summed E-state index contributed by atoms with van der Waals surface area (Å²) in [5, 5.41) is 7.00. The second-order valence-electron chi connectivity index (χ2n) is 0.676. The molecule has 0 heterocycles. The Morgan fingerprint density at radius 2 is 0.917 bits per heavy atom. The zero-order valence-corrected chi connectivity index (χ0v) is 11.0. The first kappa shape index (κ1) is 23.6. The lowest BCUT2D eigenvalue weighted by Gasteiger charge is -1.91. The Morgan fingerprint density at radius 1 is 0.917 bits per heavy atom. The van der Waals surface area contributed by atoms with Crippen molar-refractivity contribution in [3.8, 4) is 0 Å². The first-order chi connectivity index (χ1) is 4.73. The van der Waals surface area contributed by atoms with E-state index >= 15 is 0 Å². The number of halogens is 7. The summed E-state index contributed by atoms with van der Waals surface area (Å²) in [5.41, 5.74) is 0. The van der Waals surface area contributed by atoms with Crippen LogP contribution in [0.25, 0.3) is 0 Å². The summed E-state index contributed by atoms with van der Waals surface area (Å²) in [4.78, 5) is 0. The van der Waals surface area contributed by atoms with Gasteiger partial charge in [-0.3, -0.25) is 0 Å². The molecule has 0 fully saturated rings. The summed E-state index contributed by atoms with van der Waals surface area (Å²) in [7, 11) is 1.00. The van der Waals surface area contributed by atoms with Crippen molar-refractivity contribution in [1.29, 1.82) is 0 Å². The van der Waals surface area contributed by atoms with E-state index in [0.29, 0.717) is 0 Å². The number of aliphatic hydroxyl groups is 1. The summed E-state index contributed by atoms with van der Waals surface area (Å²) in [5.74, 6) is 0. The monoisotopic (exact) mass is 320 g/mol. The van der Waals surface area contributed by atoms with E-state index in [2.05, 4.69) is 0 Å². The van der Waals surface area contributed by atoms with Gasteiger partial charge in [-0.2, -0.15) is 0 Å². The molecule has 0 rings (SSSR count). The van der Waals surface area contributed by atoms with Crippen LogP contribution in [0.15, 0.2) is 0 Å². The van der Waals surface area contributed by atoms with E-state index in [1.54, 1.807) is 0 Å². The molecule has 0 saturated heterocycles. The fourth-order valence-electron chi connectivity index (χ4n) is 0. The Balaban J connectivity index is -0.0000000419. The molecule has 9 heteroatoms. The quantitative estimate of drug-likeness (QED) is 0.683. The summed E-state index contributed by atoms with van der Waals surface area (Å²) >= 11 is 33.7. The van der Waals surface area contributed by atoms with E-state index in [0.717, 1.165) is 7.11 Å². The average molecular weight is 323 g/mol. The fourth-order valence-corrected chi connectivity index (χ4v) is 0. The number of alkyl halides is 7. The van der Waals surface area contributed by atoms with Crippen LogP contribution in [-0.4, -0.2) is 25.2 Å². The molecule has 0 aliphatic rings. The van der Waals surface area contributed by atoms with Gasteiger partial charge in [0.1, 0.15) is 0 Å². The molecule has 80 valence electrons. The maximum absolute atomic E-state index is 7.00. The van der Waals surface area contributed by atoms with Crippen LogP contribution in [0, 0.1) is 0 Å². The molecule has 0 aliphatic heterocycles. The molecule has 0 saturated carbocycles. The van der Waals surface area contributed by atoms with Crippen LogP contribution < -0.4 is 0 Å². The molecule has 0 unspecified atom stereocenters. The van der Waals surface area contributed by atoms with Crippen LogP contribution in [0.3, 0.4) is 0 Å². The Hall–Kier alpha value is 1.95. The van der Waals surface area contributed by atoms with Gasteiger partial charge in [0, 0.05) is 7.11 Å². The van der Waals surface area contributed by atoms with Crippen molar-refractivity contribution in [1.82, 2.24) is 0 Å². The molecule has 0 amide bonds. The molecular formula is C3H7Cl7O2. The largest absolute Gasteiger partial charge is 0.412 e. The van der Waals surface area contributed by atoms with E-state index in [1.807, 2.05) is 0 Å². The molecular weight excluding hydrogens is 316 g/mol. The van der Waals surface area contributed by atoms with Crippen molar-refractivity contribution >= 4 is 81.2 Å². The van der Waals surface area contributed by atoms with E-state index in [-0.39, 0.29) is 5.48 Å². The van der Waals surface area contributed by atoms with Crippen molar-refractivity contribution in [2.75, 3.05) is 7.11 Å². The first-order valence-electron chi connectivity index (χ1n) is 1.86. The highest BCUT2D eigenvalue weighted by Crippen LogP contribution is 2.29. The predicted octanol–water partition coefficient (Wildman–Crippen LogP) is 3.32. The average Bonchev–Trinajstić information content (AvgIpc) is 1.63. The van der Waals surface area contributed by atoms with Gasteiger partial charge in [0.2, 0.25) is 0 Å². The maximum Gasteiger partial charge on any atom is 0.266 e. The van der Waals surface area contributed by atoms with Crippen LogP contribution >= 0.6 is 81.2 Å². The van der Waals surface area contributed by atoms with Crippen LogP contribution in [0.4, 0.5) is 0 Å². The first-order valence-corrected chi connectivity index (χ1v) is 4.68. The third kappa shape index (κ3) is 377. The minimum absolute atomic E-state index is 0. The van der Waals surface area contributed by atoms with Gasteiger partial charge in [-0.15, -0.1) is 0 Å². The van der Waals surface area contributed by atoms with Crippen molar-refractivity contribution in [3.05, 3.63) is 0 Å². The molecule has 2 nitrogen and oxygen atoms in total. The number of rotatable bonds is 0. The van der Waals surface area contributed by atoms with Gasteiger partial charge >= 0.3 is 0 Å². The normalized spacial score (nSPS) is 8.50. The van der Waals surface area contributed by atoms with E-state index < -0.39 is 7.55 Å². The minimum atomic E-state index is -1.61. The second-order valence-corrected chi connectivity index (χ2v) is 6.08. The lowest BCUT2D eigenvalue weighted by molar-refractivity contribution is 0.399. The van der Waals surface area contributed by atoms with E-state index in [1.165, 1.54) is 0 Å². The molecule has 3 N–H and O–H groups in total. The van der Waals surface area contributed by atoms with Crippen LogP contribution in [0.2, 0.25) is 0 Å². The van der Waals surface area contributed by atoms with Crippen molar-refractivity contribution in [3.63, 3.8) is 0 Å². The van der Waals surface area contributed by atoms with Crippen molar-refractivity contribution < 1.29 is 10.6 Å². The van der Waals surface area contributed by atoms with Crippen LogP contribution in [0.1, 0.15) is 0 Å². The standard InChI is InChI=1S/CCl4.CHCl3.CH4O.H2O/c2-1(3,4)5;2-1(3)4;1-2;/h;1H;2H,1H3;1H2. The highest BCUT2D eigenvalue weighted by Gasteiger charge is 2.11. The third-order valence-corrected chi connectivity index (χ3v) is 0. The van der Waals surface area contributed by atoms with Crippen LogP contribution in [0.5, 0.6) is 0 Å². The zero-order valence-electron chi connectivity index (χ0n) is 5.67. The number of hydrogen-bond acceptors (Lipinski definition) is 1. The van der Waals surface area contributed by atoms with Gasteiger partial charge in [-0.05, 0) is 0 Å². The Bertz CT molecular complexity index is 53.4. The molecule has 0 spiro atoms. The van der Waals surface area contributed by atoms with Crippen molar-refractivity contribution in [2.45, 2.75) is 7.55 Å². The lowest BCUT2D eigenvalue weighted by Crippen LogP contribution is -1.81.